The summed E-state index contributed by atoms with van der Waals surface area (Å²) < 4.78 is 1.92. The van der Waals surface area contributed by atoms with Gasteiger partial charge in [0.15, 0.2) is 0 Å². The Balaban J connectivity index is 1.52. The summed E-state index contributed by atoms with van der Waals surface area (Å²) >= 11 is 7.05. The molecular formula is C21H21Br2N3O. The summed E-state index contributed by atoms with van der Waals surface area (Å²) in [6.45, 7) is 7.49. The van der Waals surface area contributed by atoms with Gasteiger partial charge in [0.05, 0.1) is 5.56 Å². The predicted molar refractivity (Wildman–Crippen MR) is 118 cm³/mol. The Morgan fingerprint density at radius 3 is 2.48 bits per heavy atom. The van der Waals surface area contributed by atoms with Crippen LogP contribution in [0.5, 0.6) is 0 Å². The summed E-state index contributed by atoms with van der Waals surface area (Å²) in [5.74, 6) is 0.0936. The highest BCUT2D eigenvalue weighted by atomic mass is 79.9. The summed E-state index contributed by atoms with van der Waals surface area (Å²) in [5.41, 5.74) is 5.61. The zero-order valence-electron chi connectivity index (χ0n) is 15.4. The number of fused-ring (bicyclic) bond motifs is 1. The van der Waals surface area contributed by atoms with E-state index in [4.69, 9.17) is 0 Å². The van der Waals surface area contributed by atoms with E-state index in [-0.39, 0.29) is 5.91 Å². The number of carbonyl (C=O) groups excluding carboxylic acids is 1. The lowest BCUT2D eigenvalue weighted by molar-refractivity contribution is 0.0749. The zero-order chi connectivity index (χ0) is 19.1. The molecule has 6 heteroatoms. The van der Waals surface area contributed by atoms with Gasteiger partial charge in [-0.3, -0.25) is 4.79 Å². The molecule has 4 rings (SSSR count). The molecule has 1 aromatic heterocycles. The summed E-state index contributed by atoms with van der Waals surface area (Å²) in [6, 6.07) is 10.4. The molecule has 1 aliphatic rings. The molecule has 1 N–H and O–H groups in total. The molecule has 1 fully saturated rings. The van der Waals surface area contributed by atoms with Crippen molar-refractivity contribution in [2.45, 2.75) is 13.8 Å². The van der Waals surface area contributed by atoms with Crippen molar-refractivity contribution in [2.75, 3.05) is 31.1 Å². The number of halogens is 2. The number of anilines is 1. The summed E-state index contributed by atoms with van der Waals surface area (Å²) in [6.07, 6.45) is 1.82. The molecule has 140 valence electrons. The maximum absolute atomic E-state index is 13.1. The predicted octanol–water partition coefficient (Wildman–Crippen LogP) is 5.27. The van der Waals surface area contributed by atoms with Gasteiger partial charge in [-0.25, -0.2) is 0 Å². The first kappa shape index (κ1) is 18.6. The molecule has 27 heavy (non-hydrogen) atoms. The van der Waals surface area contributed by atoms with Crippen molar-refractivity contribution in [3.63, 3.8) is 0 Å². The van der Waals surface area contributed by atoms with Gasteiger partial charge in [-0.2, -0.15) is 0 Å². The number of hydrogen-bond acceptors (Lipinski definition) is 2. The Morgan fingerprint density at radius 2 is 1.74 bits per heavy atom. The third kappa shape index (κ3) is 3.41. The fourth-order valence-corrected chi connectivity index (χ4v) is 4.38. The lowest BCUT2D eigenvalue weighted by Gasteiger charge is -2.37. The van der Waals surface area contributed by atoms with Crippen molar-refractivity contribution < 1.29 is 4.79 Å². The van der Waals surface area contributed by atoms with Crippen molar-refractivity contribution in [1.29, 1.82) is 0 Å². The van der Waals surface area contributed by atoms with Gasteiger partial charge < -0.3 is 14.8 Å². The molecular weight excluding hydrogens is 470 g/mol. The number of carbonyl (C=O) groups is 1. The smallest absolute Gasteiger partial charge is 0.256 e. The number of nitrogens with zero attached hydrogens (tertiary/aromatic N) is 2. The number of aromatic nitrogens is 1. The van der Waals surface area contributed by atoms with Crippen LogP contribution in [0.3, 0.4) is 0 Å². The Kier molecular flexibility index (Phi) is 5.03. The topological polar surface area (TPSA) is 39.3 Å². The molecule has 4 nitrogen and oxygen atoms in total. The first-order chi connectivity index (χ1) is 13.0. The Morgan fingerprint density at radius 1 is 1.04 bits per heavy atom. The van der Waals surface area contributed by atoms with Crippen LogP contribution in [0, 0.1) is 13.8 Å². The average Bonchev–Trinajstić information content (AvgIpc) is 3.06. The van der Waals surface area contributed by atoms with Gasteiger partial charge in [-0.1, -0.05) is 12.1 Å². The molecule has 0 aliphatic carbocycles. The first-order valence-corrected chi connectivity index (χ1v) is 10.6. The minimum Gasteiger partial charge on any atom is -0.368 e. The lowest BCUT2D eigenvalue weighted by atomic mass is 10.1. The molecule has 3 aromatic rings. The molecule has 0 radical (unpaired) electrons. The van der Waals surface area contributed by atoms with Gasteiger partial charge in [-0.15, -0.1) is 0 Å². The number of hydrogen-bond donors (Lipinski definition) is 1. The van der Waals surface area contributed by atoms with Gasteiger partial charge in [0, 0.05) is 57.9 Å². The fourth-order valence-electron chi connectivity index (χ4n) is 3.69. The fraction of sp³-hybridized carbons (Fsp3) is 0.286. The highest BCUT2D eigenvalue weighted by Gasteiger charge is 2.25. The van der Waals surface area contributed by atoms with Crippen LogP contribution in [-0.2, 0) is 0 Å². The first-order valence-electron chi connectivity index (χ1n) is 9.02. The van der Waals surface area contributed by atoms with Crippen LogP contribution in [0.2, 0.25) is 0 Å². The van der Waals surface area contributed by atoms with Crippen LogP contribution in [0.1, 0.15) is 21.5 Å². The van der Waals surface area contributed by atoms with E-state index in [9.17, 15) is 4.79 Å². The van der Waals surface area contributed by atoms with E-state index in [1.54, 1.807) is 0 Å². The maximum Gasteiger partial charge on any atom is 0.256 e. The molecule has 0 bridgehead atoms. The lowest BCUT2D eigenvalue weighted by Crippen LogP contribution is -2.49. The van der Waals surface area contributed by atoms with E-state index in [2.05, 4.69) is 73.8 Å². The highest BCUT2D eigenvalue weighted by molar-refractivity contribution is 9.13. The minimum atomic E-state index is 0.0936. The third-order valence-electron chi connectivity index (χ3n) is 5.44. The van der Waals surface area contributed by atoms with Crippen molar-refractivity contribution in [1.82, 2.24) is 9.88 Å². The summed E-state index contributed by atoms with van der Waals surface area (Å²) in [4.78, 5) is 20.7. The molecule has 1 saturated heterocycles. The third-order valence-corrected chi connectivity index (χ3v) is 7.28. The quantitative estimate of drug-likeness (QED) is 0.531. The Hall–Kier alpha value is -1.79. The van der Waals surface area contributed by atoms with Crippen molar-refractivity contribution in [3.8, 4) is 0 Å². The van der Waals surface area contributed by atoms with Crippen LogP contribution < -0.4 is 4.90 Å². The van der Waals surface area contributed by atoms with E-state index in [1.165, 1.54) is 16.8 Å². The zero-order valence-corrected chi connectivity index (χ0v) is 18.5. The van der Waals surface area contributed by atoms with Crippen LogP contribution in [0.15, 0.2) is 45.5 Å². The van der Waals surface area contributed by atoms with Crippen LogP contribution in [-0.4, -0.2) is 42.0 Å². The molecule has 0 saturated carbocycles. The van der Waals surface area contributed by atoms with Crippen molar-refractivity contribution in [3.05, 3.63) is 62.2 Å². The van der Waals surface area contributed by atoms with Gasteiger partial charge >= 0.3 is 0 Å². The molecule has 2 heterocycles. The van der Waals surface area contributed by atoms with Crippen LogP contribution >= 0.6 is 31.9 Å². The molecule has 0 unspecified atom stereocenters. The number of aryl methyl sites for hydroxylation is 1. The summed E-state index contributed by atoms with van der Waals surface area (Å²) in [7, 11) is 0. The van der Waals surface area contributed by atoms with E-state index in [0.717, 1.165) is 51.6 Å². The van der Waals surface area contributed by atoms with Gasteiger partial charge in [0.1, 0.15) is 0 Å². The van der Waals surface area contributed by atoms with E-state index < -0.39 is 0 Å². The Bertz CT molecular complexity index is 1020. The number of aromatic amines is 1. The van der Waals surface area contributed by atoms with Gasteiger partial charge in [0.2, 0.25) is 0 Å². The molecule has 2 aromatic carbocycles. The Labute approximate surface area is 175 Å². The number of piperazine rings is 1. The normalized spacial score (nSPS) is 14.8. The minimum absolute atomic E-state index is 0.0936. The molecule has 0 atom stereocenters. The van der Waals surface area contributed by atoms with Crippen molar-refractivity contribution in [2.24, 2.45) is 0 Å². The van der Waals surface area contributed by atoms with E-state index in [0.29, 0.717) is 0 Å². The number of rotatable bonds is 2. The highest BCUT2D eigenvalue weighted by Crippen LogP contribution is 2.31. The molecule has 1 aliphatic heterocycles. The second-order valence-electron chi connectivity index (χ2n) is 7.01. The standard InChI is InChI=1S/C21H21Br2N3O/c1-13-4-3-5-20(14(13)2)25-6-8-26(9-7-25)21(27)16-12-24-19-11-18(23)17(22)10-15(16)19/h3-5,10-12,24H,6-9H2,1-2H3. The average molecular weight is 491 g/mol. The van der Waals surface area contributed by atoms with Crippen LogP contribution in [0.4, 0.5) is 5.69 Å². The number of nitrogens with one attached hydrogen (secondary N) is 1. The number of H-pyrrole nitrogens is 1. The molecule has 0 spiro atoms. The van der Waals surface area contributed by atoms with Gasteiger partial charge in [-0.05, 0) is 75.0 Å². The van der Waals surface area contributed by atoms with Crippen molar-refractivity contribution >= 4 is 54.4 Å². The SMILES string of the molecule is Cc1cccc(N2CCN(C(=O)c3c[nH]c4cc(Br)c(Br)cc34)CC2)c1C. The summed E-state index contributed by atoms with van der Waals surface area (Å²) in [5, 5.41) is 0.951. The number of benzene rings is 2. The largest absolute Gasteiger partial charge is 0.368 e. The maximum atomic E-state index is 13.1. The van der Waals surface area contributed by atoms with Gasteiger partial charge in [0.25, 0.3) is 5.91 Å². The monoisotopic (exact) mass is 489 g/mol. The van der Waals surface area contributed by atoms with Crippen LogP contribution in [0.25, 0.3) is 10.9 Å². The van der Waals surface area contributed by atoms with E-state index in [1.807, 2.05) is 23.2 Å². The molecule has 1 amide bonds. The second kappa shape index (κ2) is 7.32. The second-order valence-corrected chi connectivity index (χ2v) is 8.72. The number of amides is 1. The van der Waals surface area contributed by atoms with E-state index >= 15 is 0 Å².